The third kappa shape index (κ3) is 4.76. The summed E-state index contributed by atoms with van der Waals surface area (Å²) in [5.41, 5.74) is 2.09. The molecule has 1 amide bonds. The Kier molecular flexibility index (Phi) is 6.27. The minimum atomic E-state index is -0.0345. The van der Waals surface area contributed by atoms with Gasteiger partial charge in [-0.05, 0) is 38.0 Å². The van der Waals surface area contributed by atoms with Crippen LogP contribution in [0.15, 0.2) is 36.7 Å². The monoisotopic (exact) mass is 368 g/mol. The van der Waals surface area contributed by atoms with Crippen molar-refractivity contribution in [2.24, 2.45) is 5.92 Å². The maximum absolute atomic E-state index is 12.8. The SMILES string of the molecule is CCOc1ccc(CC(C)C(=O)N2CCN(c3nccnc3C)CC2)cc1. The van der Waals surface area contributed by atoms with Gasteiger partial charge in [0.25, 0.3) is 0 Å². The van der Waals surface area contributed by atoms with Gasteiger partial charge in [0.05, 0.1) is 12.3 Å². The average molecular weight is 368 g/mol. The molecular weight excluding hydrogens is 340 g/mol. The molecule has 0 N–H and O–H groups in total. The average Bonchev–Trinajstić information content (AvgIpc) is 2.70. The highest BCUT2D eigenvalue weighted by Gasteiger charge is 2.26. The van der Waals surface area contributed by atoms with Crippen LogP contribution in [0.4, 0.5) is 5.82 Å². The van der Waals surface area contributed by atoms with E-state index in [0.717, 1.165) is 55.4 Å². The number of benzene rings is 1. The highest BCUT2D eigenvalue weighted by atomic mass is 16.5. The number of anilines is 1. The summed E-state index contributed by atoms with van der Waals surface area (Å²) in [7, 11) is 0. The first kappa shape index (κ1) is 19.1. The molecule has 1 aromatic carbocycles. The maximum Gasteiger partial charge on any atom is 0.225 e. The molecule has 0 saturated carbocycles. The minimum absolute atomic E-state index is 0.0345. The number of hydrogen-bond donors (Lipinski definition) is 0. The second-order valence-electron chi connectivity index (χ2n) is 6.96. The Morgan fingerprint density at radius 3 is 2.41 bits per heavy atom. The summed E-state index contributed by atoms with van der Waals surface area (Å²) in [6.45, 7) is 9.65. The van der Waals surface area contributed by atoms with Gasteiger partial charge in [-0.1, -0.05) is 19.1 Å². The Labute approximate surface area is 161 Å². The molecule has 0 bridgehead atoms. The molecule has 1 aliphatic heterocycles. The summed E-state index contributed by atoms with van der Waals surface area (Å²) in [5.74, 6) is 1.98. The third-order valence-corrected chi connectivity index (χ3v) is 4.94. The lowest BCUT2D eigenvalue weighted by molar-refractivity contribution is -0.135. The van der Waals surface area contributed by atoms with E-state index < -0.39 is 0 Å². The molecule has 27 heavy (non-hydrogen) atoms. The predicted molar refractivity (Wildman–Crippen MR) is 106 cm³/mol. The molecule has 144 valence electrons. The van der Waals surface area contributed by atoms with Crippen LogP contribution in [0, 0.1) is 12.8 Å². The van der Waals surface area contributed by atoms with Crippen molar-refractivity contribution < 1.29 is 9.53 Å². The summed E-state index contributed by atoms with van der Waals surface area (Å²) < 4.78 is 5.47. The number of carbonyl (C=O) groups excluding carboxylic acids is 1. The zero-order chi connectivity index (χ0) is 19.2. The van der Waals surface area contributed by atoms with Crippen LogP contribution in [0.5, 0.6) is 5.75 Å². The Bertz CT molecular complexity index is 755. The van der Waals surface area contributed by atoms with E-state index in [-0.39, 0.29) is 11.8 Å². The fourth-order valence-electron chi connectivity index (χ4n) is 3.49. The molecule has 3 rings (SSSR count). The van der Waals surface area contributed by atoms with Crippen molar-refractivity contribution in [3.8, 4) is 5.75 Å². The summed E-state index contributed by atoms with van der Waals surface area (Å²) in [6, 6.07) is 8.03. The van der Waals surface area contributed by atoms with Gasteiger partial charge in [-0.2, -0.15) is 0 Å². The zero-order valence-electron chi connectivity index (χ0n) is 16.4. The molecule has 1 aromatic heterocycles. The molecule has 1 atom stereocenters. The molecule has 1 aliphatic rings. The second-order valence-corrected chi connectivity index (χ2v) is 6.96. The second kappa shape index (κ2) is 8.84. The van der Waals surface area contributed by atoms with Gasteiger partial charge in [-0.3, -0.25) is 9.78 Å². The number of amides is 1. The van der Waals surface area contributed by atoms with E-state index in [9.17, 15) is 4.79 Å². The van der Waals surface area contributed by atoms with Gasteiger partial charge < -0.3 is 14.5 Å². The zero-order valence-corrected chi connectivity index (χ0v) is 16.4. The molecule has 6 nitrogen and oxygen atoms in total. The van der Waals surface area contributed by atoms with Gasteiger partial charge >= 0.3 is 0 Å². The van der Waals surface area contributed by atoms with Crippen LogP contribution in [0.1, 0.15) is 25.1 Å². The molecule has 1 saturated heterocycles. The van der Waals surface area contributed by atoms with Crippen LogP contribution in [0.25, 0.3) is 0 Å². The number of ether oxygens (including phenoxy) is 1. The normalized spacial score (nSPS) is 15.5. The van der Waals surface area contributed by atoms with E-state index in [1.54, 1.807) is 12.4 Å². The highest BCUT2D eigenvalue weighted by Crippen LogP contribution is 2.19. The van der Waals surface area contributed by atoms with Crippen LogP contribution >= 0.6 is 0 Å². The number of piperazine rings is 1. The summed E-state index contributed by atoms with van der Waals surface area (Å²) >= 11 is 0. The van der Waals surface area contributed by atoms with E-state index in [2.05, 4.69) is 14.9 Å². The van der Waals surface area contributed by atoms with E-state index >= 15 is 0 Å². The number of aryl methyl sites for hydroxylation is 1. The van der Waals surface area contributed by atoms with Crippen LogP contribution in [-0.2, 0) is 11.2 Å². The number of hydrogen-bond acceptors (Lipinski definition) is 5. The van der Waals surface area contributed by atoms with Gasteiger partial charge in [0.2, 0.25) is 5.91 Å². The summed E-state index contributed by atoms with van der Waals surface area (Å²) in [5, 5.41) is 0. The largest absolute Gasteiger partial charge is 0.494 e. The van der Waals surface area contributed by atoms with E-state index in [1.165, 1.54) is 0 Å². The van der Waals surface area contributed by atoms with Crippen molar-refractivity contribution in [1.82, 2.24) is 14.9 Å². The van der Waals surface area contributed by atoms with E-state index in [1.807, 2.05) is 49.9 Å². The molecule has 2 aromatic rings. The fraction of sp³-hybridized carbons (Fsp3) is 0.476. The molecule has 1 fully saturated rings. The standard InChI is InChI=1S/C21H28N4O2/c1-4-27-19-7-5-18(6-8-19)15-16(2)21(26)25-13-11-24(12-14-25)20-17(3)22-9-10-23-20/h5-10,16H,4,11-15H2,1-3H3. The fourth-order valence-corrected chi connectivity index (χ4v) is 3.49. The molecule has 6 heteroatoms. The van der Waals surface area contributed by atoms with E-state index in [0.29, 0.717) is 6.61 Å². The smallest absolute Gasteiger partial charge is 0.225 e. The third-order valence-electron chi connectivity index (χ3n) is 4.94. The summed E-state index contributed by atoms with van der Waals surface area (Å²) in [6.07, 6.45) is 4.18. The molecule has 0 radical (unpaired) electrons. The van der Waals surface area contributed by atoms with Crippen molar-refractivity contribution in [2.75, 3.05) is 37.7 Å². The number of rotatable bonds is 6. The Morgan fingerprint density at radius 2 is 1.78 bits per heavy atom. The van der Waals surface area contributed by atoms with E-state index in [4.69, 9.17) is 4.74 Å². The summed E-state index contributed by atoms with van der Waals surface area (Å²) in [4.78, 5) is 25.8. The Balaban J connectivity index is 1.53. The van der Waals surface area contributed by atoms with Crippen LogP contribution < -0.4 is 9.64 Å². The Morgan fingerprint density at radius 1 is 1.11 bits per heavy atom. The molecule has 0 spiro atoms. The van der Waals surface area contributed by atoms with Crippen molar-refractivity contribution in [3.63, 3.8) is 0 Å². The lowest BCUT2D eigenvalue weighted by atomic mass is 9.99. The molecule has 2 heterocycles. The van der Waals surface area contributed by atoms with Crippen molar-refractivity contribution in [1.29, 1.82) is 0 Å². The van der Waals surface area contributed by atoms with Gasteiger partial charge in [-0.15, -0.1) is 0 Å². The van der Waals surface area contributed by atoms with Gasteiger partial charge in [-0.25, -0.2) is 4.98 Å². The minimum Gasteiger partial charge on any atom is -0.494 e. The lowest BCUT2D eigenvalue weighted by Gasteiger charge is -2.36. The van der Waals surface area contributed by atoms with Gasteiger partial charge in [0.15, 0.2) is 0 Å². The topological polar surface area (TPSA) is 58.6 Å². The number of nitrogens with zero attached hydrogens (tertiary/aromatic N) is 4. The molecular formula is C21H28N4O2. The number of carbonyl (C=O) groups is 1. The van der Waals surface area contributed by atoms with Gasteiger partial charge in [0.1, 0.15) is 11.6 Å². The quantitative estimate of drug-likeness (QED) is 0.785. The first-order valence-corrected chi connectivity index (χ1v) is 9.61. The van der Waals surface area contributed by atoms with Crippen LogP contribution in [0.2, 0.25) is 0 Å². The van der Waals surface area contributed by atoms with Crippen LogP contribution in [-0.4, -0.2) is 53.6 Å². The predicted octanol–water partition coefficient (Wildman–Crippen LogP) is 2.71. The highest BCUT2D eigenvalue weighted by molar-refractivity contribution is 5.79. The molecule has 1 unspecified atom stereocenters. The van der Waals surface area contributed by atoms with Gasteiger partial charge in [0, 0.05) is 44.5 Å². The van der Waals surface area contributed by atoms with Crippen molar-refractivity contribution >= 4 is 11.7 Å². The van der Waals surface area contributed by atoms with Crippen LogP contribution in [0.3, 0.4) is 0 Å². The Hall–Kier alpha value is -2.63. The first-order valence-electron chi connectivity index (χ1n) is 9.61. The number of aromatic nitrogens is 2. The maximum atomic E-state index is 12.8. The van der Waals surface area contributed by atoms with Crippen molar-refractivity contribution in [2.45, 2.75) is 27.2 Å². The first-order chi connectivity index (χ1) is 13.1. The van der Waals surface area contributed by atoms with Crippen molar-refractivity contribution in [3.05, 3.63) is 47.9 Å². The lowest BCUT2D eigenvalue weighted by Crippen LogP contribution is -2.50. The molecule has 0 aliphatic carbocycles.